The molecule has 7 nitrogen and oxygen atoms in total. The number of benzene rings is 2. The summed E-state index contributed by atoms with van der Waals surface area (Å²) in [7, 11) is 0. The van der Waals surface area contributed by atoms with Crippen LogP contribution in [0.2, 0.25) is 0 Å². The molecular weight excluding hydrogens is 374 g/mol. The summed E-state index contributed by atoms with van der Waals surface area (Å²) in [4.78, 5) is 26.5. The first-order valence-corrected chi connectivity index (χ1v) is 9.71. The van der Waals surface area contributed by atoms with Crippen molar-refractivity contribution in [2.45, 2.75) is 26.7 Å². The third-order valence-corrected chi connectivity index (χ3v) is 4.67. The van der Waals surface area contributed by atoms with E-state index >= 15 is 0 Å². The topological polar surface area (TPSA) is 85.3 Å². The molecule has 1 amide bonds. The van der Waals surface area contributed by atoms with Crippen molar-refractivity contribution < 1.29 is 28.9 Å². The molecule has 0 aromatic heterocycles. The number of para-hydroxylation sites is 1. The molecule has 29 heavy (non-hydrogen) atoms. The van der Waals surface area contributed by atoms with E-state index in [-0.39, 0.29) is 12.5 Å². The molecule has 0 radical (unpaired) electrons. The lowest BCUT2D eigenvalue weighted by atomic mass is 10.0. The Balaban J connectivity index is 2.04. The summed E-state index contributed by atoms with van der Waals surface area (Å²) in [5, 5.41) is 9.56. The molecule has 0 saturated heterocycles. The van der Waals surface area contributed by atoms with Gasteiger partial charge in [-0.2, -0.15) is 0 Å². The number of hydrogen-bond acceptors (Lipinski definition) is 5. The van der Waals surface area contributed by atoms with Crippen LogP contribution in [0.15, 0.2) is 36.4 Å². The second kappa shape index (κ2) is 8.86. The second-order valence-electron chi connectivity index (χ2n) is 6.47. The summed E-state index contributed by atoms with van der Waals surface area (Å²) in [5.74, 6) is -0.721. The van der Waals surface area contributed by atoms with Gasteiger partial charge in [-0.1, -0.05) is 18.2 Å². The fourth-order valence-corrected chi connectivity index (χ4v) is 3.48. The van der Waals surface area contributed by atoms with Gasteiger partial charge in [0.15, 0.2) is 11.5 Å². The van der Waals surface area contributed by atoms with Crippen LogP contribution in [0.4, 0.5) is 5.69 Å². The lowest BCUT2D eigenvalue weighted by Crippen LogP contribution is -2.31. The predicted molar refractivity (Wildman–Crippen MR) is 108 cm³/mol. The molecule has 0 spiro atoms. The van der Waals surface area contributed by atoms with E-state index < -0.39 is 11.9 Å². The van der Waals surface area contributed by atoms with E-state index in [1.807, 2.05) is 20.8 Å². The molecule has 0 saturated carbocycles. The second-order valence-corrected chi connectivity index (χ2v) is 6.47. The average Bonchev–Trinajstić information content (AvgIpc) is 3.10. The van der Waals surface area contributed by atoms with E-state index in [9.17, 15) is 14.7 Å². The number of anilines is 1. The number of amides is 1. The van der Waals surface area contributed by atoms with E-state index in [4.69, 9.17) is 14.2 Å². The number of carboxylic acids is 1. The Bertz CT molecular complexity index is 883. The number of ether oxygens (including phenoxy) is 3. The minimum atomic E-state index is -0.954. The zero-order valence-electron chi connectivity index (χ0n) is 16.8. The van der Waals surface area contributed by atoms with Crippen LogP contribution in [-0.4, -0.2) is 43.3 Å². The molecule has 1 aliphatic heterocycles. The van der Waals surface area contributed by atoms with Crippen molar-refractivity contribution in [1.82, 2.24) is 0 Å². The predicted octanol–water partition coefficient (Wildman–Crippen LogP) is 3.71. The molecule has 0 bridgehead atoms. The van der Waals surface area contributed by atoms with Crippen LogP contribution in [0.25, 0.3) is 0 Å². The van der Waals surface area contributed by atoms with Crippen LogP contribution in [0.1, 0.15) is 42.6 Å². The van der Waals surface area contributed by atoms with E-state index in [1.54, 1.807) is 36.4 Å². The Labute approximate surface area is 169 Å². The normalized spacial score (nSPS) is 15.0. The molecule has 154 valence electrons. The highest BCUT2D eigenvalue weighted by Gasteiger charge is 2.37. The van der Waals surface area contributed by atoms with Gasteiger partial charge < -0.3 is 24.2 Å². The lowest BCUT2D eigenvalue weighted by Gasteiger charge is -2.20. The maximum absolute atomic E-state index is 13.3. The zero-order chi connectivity index (χ0) is 21.0. The van der Waals surface area contributed by atoms with Crippen LogP contribution in [0.3, 0.4) is 0 Å². The fourth-order valence-electron chi connectivity index (χ4n) is 3.48. The van der Waals surface area contributed by atoms with Crippen LogP contribution in [-0.2, 0) is 4.79 Å². The van der Waals surface area contributed by atoms with Gasteiger partial charge in [0, 0.05) is 17.8 Å². The first-order chi connectivity index (χ1) is 14.0. The zero-order valence-corrected chi connectivity index (χ0v) is 16.8. The third kappa shape index (κ3) is 3.99. The molecule has 3 rings (SSSR count). The first-order valence-electron chi connectivity index (χ1n) is 9.71. The number of hydrogen-bond donors (Lipinski definition) is 1. The molecule has 1 atom stereocenters. The Morgan fingerprint density at radius 2 is 1.59 bits per heavy atom. The minimum absolute atomic E-state index is 0.0780. The molecule has 7 heteroatoms. The number of carboxylic acid groups (broad SMARTS) is 1. The summed E-state index contributed by atoms with van der Waals surface area (Å²) in [5.41, 5.74) is 1.59. The maximum atomic E-state index is 13.3. The SMILES string of the molecule is CCOc1cc(C(=O)N2CC(C(=O)O)c3ccccc32)cc(OCC)c1OCC. The Morgan fingerprint density at radius 3 is 2.14 bits per heavy atom. The van der Waals surface area contributed by atoms with Gasteiger partial charge in [-0.15, -0.1) is 0 Å². The molecule has 1 unspecified atom stereocenters. The standard InChI is InChI=1S/C22H25NO6/c1-4-27-18-11-14(12-19(28-5-2)20(18)29-6-3)21(24)23-13-16(22(25)26)15-9-7-8-10-17(15)23/h7-12,16H,4-6,13H2,1-3H3,(H,25,26). The van der Waals surface area contributed by atoms with Gasteiger partial charge in [-0.3, -0.25) is 9.59 Å². The summed E-state index contributed by atoms with van der Waals surface area (Å²) in [6.45, 7) is 6.85. The first kappa shape index (κ1) is 20.5. The number of nitrogens with zero attached hydrogens (tertiary/aromatic N) is 1. The number of rotatable bonds is 8. The van der Waals surface area contributed by atoms with Gasteiger partial charge >= 0.3 is 5.97 Å². The Kier molecular flexibility index (Phi) is 6.26. The summed E-state index contributed by atoms with van der Waals surface area (Å²) < 4.78 is 17.1. The van der Waals surface area contributed by atoms with Crippen molar-refractivity contribution in [2.24, 2.45) is 0 Å². The number of aliphatic carboxylic acids is 1. The Hall–Kier alpha value is -3.22. The molecule has 0 aliphatic carbocycles. The summed E-state index contributed by atoms with van der Waals surface area (Å²) in [6, 6.07) is 10.3. The Morgan fingerprint density at radius 1 is 1.00 bits per heavy atom. The van der Waals surface area contributed by atoms with Gasteiger partial charge in [0.25, 0.3) is 5.91 Å². The van der Waals surface area contributed by atoms with Crippen molar-refractivity contribution in [3.05, 3.63) is 47.5 Å². The minimum Gasteiger partial charge on any atom is -0.490 e. The van der Waals surface area contributed by atoms with Crippen molar-refractivity contribution in [2.75, 3.05) is 31.3 Å². The lowest BCUT2D eigenvalue weighted by molar-refractivity contribution is -0.138. The highest BCUT2D eigenvalue weighted by molar-refractivity contribution is 6.09. The van der Waals surface area contributed by atoms with Crippen LogP contribution < -0.4 is 19.1 Å². The monoisotopic (exact) mass is 399 g/mol. The molecule has 1 aliphatic rings. The van der Waals surface area contributed by atoms with Crippen LogP contribution >= 0.6 is 0 Å². The van der Waals surface area contributed by atoms with Crippen molar-refractivity contribution in [3.63, 3.8) is 0 Å². The fraction of sp³-hybridized carbons (Fsp3) is 0.364. The molecule has 1 heterocycles. The van der Waals surface area contributed by atoms with Crippen LogP contribution in [0.5, 0.6) is 17.2 Å². The molecular formula is C22H25NO6. The smallest absolute Gasteiger partial charge is 0.312 e. The maximum Gasteiger partial charge on any atom is 0.312 e. The van der Waals surface area contributed by atoms with Crippen molar-refractivity contribution >= 4 is 17.6 Å². The summed E-state index contributed by atoms with van der Waals surface area (Å²) in [6.07, 6.45) is 0. The van der Waals surface area contributed by atoms with E-state index in [0.717, 1.165) is 0 Å². The van der Waals surface area contributed by atoms with Gasteiger partial charge in [-0.25, -0.2) is 0 Å². The van der Waals surface area contributed by atoms with E-state index in [2.05, 4.69) is 0 Å². The largest absolute Gasteiger partial charge is 0.490 e. The summed E-state index contributed by atoms with van der Waals surface area (Å²) >= 11 is 0. The number of fused-ring (bicyclic) bond motifs is 1. The molecule has 0 fully saturated rings. The van der Waals surface area contributed by atoms with Crippen molar-refractivity contribution in [3.8, 4) is 17.2 Å². The number of carbonyl (C=O) groups excluding carboxylic acids is 1. The van der Waals surface area contributed by atoms with Gasteiger partial charge in [0.2, 0.25) is 5.75 Å². The third-order valence-electron chi connectivity index (χ3n) is 4.67. The van der Waals surface area contributed by atoms with Crippen LogP contribution in [0, 0.1) is 0 Å². The molecule has 1 N–H and O–H groups in total. The highest BCUT2D eigenvalue weighted by atomic mass is 16.5. The van der Waals surface area contributed by atoms with Gasteiger partial charge in [-0.05, 0) is 44.5 Å². The number of carbonyl (C=O) groups is 2. The van der Waals surface area contributed by atoms with E-state index in [0.29, 0.717) is 53.9 Å². The molecule has 2 aromatic rings. The van der Waals surface area contributed by atoms with Crippen molar-refractivity contribution in [1.29, 1.82) is 0 Å². The van der Waals surface area contributed by atoms with Gasteiger partial charge in [0.1, 0.15) is 5.92 Å². The highest BCUT2D eigenvalue weighted by Crippen LogP contribution is 2.41. The molecule has 2 aromatic carbocycles. The van der Waals surface area contributed by atoms with Gasteiger partial charge in [0.05, 0.1) is 19.8 Å². The quantitative estimate of drug-likeness (QED) is 0.728. The average molecular weight is 399 g/mol. The van der Waals surface area contributed by atoms with E-state index in [1.165, 1.54) is 4.90 Å².